The van der Waals surface area contributed by atoms with Crippen LogP contribution in [0.1, 0.15) is 12.8 Å². The van der Waals surface area contributed by atoms with Crippen LogP contribution < -0.4 is 11.1 Å². The lowest BCUT2D eigenvalue weighted by molar-refractivity contribution is -0.113. The second-order valence-corrected chi connectivity index (χ2v) is 28.8. The highest BCUT2D eigenvalue weighted by molar-refractivity contribution is 7.94. The Morgan fingerprint density at radius 2 is 1.01 bits per heavy atom. The molecule has 0 radical (unpaired) electrons. The summed E-state index contributed by atoms with van der Waals surface area (Å²) in [4.78, 5) is 28.6. The number of sulfone groups is 3. The number of aryl methyl sites for hydroxylation is 2. The Morgan fingerprint density at radius 1 is 0.565 bits per heavy atom. The maximum Gasteiger partial charge on any atom is 0.397 e. The molecule has 7 N–H and O–H groups in total. The molecule has 0 aliphatic heterocycles. The molecule has 7 aromatic rings. The molecule has 0 spiro atoms. The molecular formula is C44H44N8O25S8. The molecule has 7 rings (SSSR count). The third kappa shape index (κ3) is 17.4. The van der Waals surface area contributed by atoms with Gasteiger partial charge in [-0.15, -0.1) is 20.5 Å². The van der Waals surface area contributed by atoms with Crippen LogP contribution in [0.25, 0.3) is 22.1 Å². The van der Waals surface area contributed by atoms with Gasteiger partial charge >= 0.3 is 20.8 Å². The fourth-order valence-corrected chi connectivity index (χ4v) is 13.2. The first-order valence-electron chi connectivity index (χ1n) is 22.8. The SMILES string of the molecule is C#COOSc1ccc(N=Nc2c(C)[nH]n(-c3ccc(S(=O)(=O)CCOS(=O)(=O)O)cc3)c2=O)c(S(=O)(=O)O)c1.Cc1[nH]n(-c2ccc(S(=O)(=O)CCOS(=O)(=O)O)cc2)c(=O)c1N=Nc1ccc2cc(S(=O)(=O)CCO)ccc2c1S(=O)(=O)O.[HH]. The molecule has 2 aromatic heterocycles. The van der Waals surface area contributed by atoms with Gasteiger partial charge in [0.15, 0.2) is 47.0 Å². The number of terminal acetylenes is 1. The van der Waals surface area contributed by atoms with Crippen molar-refractivity contribution in [2.45, 2.75) is 43.2 Å². The van der Waals surface area contributed by atoms with Crippen molar-refractivity contribution in [3.63, 3.8) is 0 Å². The fraction of sp³-hybridized carbons (Fsp3) is 0.182. The van der Waals surface area contributed by atoms with Crippen molar-refractivity contribution >= 4 is 116 Å². The number of rotatable bonds is 24. The molecule has 0 unspecified atom stereocenters. The zero-order valence-electron chi connectivity index (χ0n) is 42.9. The van der Waals surface area contributed by atoms with Gasteiger partial charge in [0.2, 0.25) is 0 Å². The van der Waals surface area contributed by atoms with Crippen LogP contribution in [0.3, 0.4) is 0 Å². The van der Waals surface area contributed by atoms with Gasteiger partial charge in [0.1, 0.15) is 21.2 Å². The van der Waals surface area contributed by atoms with E-state index >= 15 is 0 Å². The Labute approximate surface area is 487 Å². The van der Waals surface area contributed by atoms with Gasteiger partial charge in [-0.05, 0) is 104 Å². The van der Waals surface area contributed by atoms with Gasteiger partial charge in [-0.1, -0.05) is 22.9 Å². The van der Waals surface area contributed by atoms with E-state index in [1.807, 2.05) is 0 Å². The predicted octanol–water partition coefficient (Wildman–Crippen LogP) is 4.17. The van der Waals surface area contributed by atoms with Crippen molar-refractivity contribution in [1.29, 1.82) is 0 Å². The van der Waals surface area contributed by atoms with Crippen molar-refractivity contribution in [1.82, 2.24) is 19.6 Å². The minimum atomic E-state index is -4.94. The van der Waals surface area contributed by atoms with Crippen LogP contribution in [0, 0.1) is 26.4 Å². The molecule has 0 aliphatic rings. The van der Waals surface area contributed by atoms with E-state index in [1.54, 1.807) is 6.11 Å². The van der Waals surface area contributed by atoms with Crippen molar-refractivity contribution in [2.75, 3.05) is 37.1 Å². The smallest absolute Gasteiger partial charge is 0.395 e. The monoisotopic (exact) mass is 1340 g/mol. The molecular weight excluding hydrogens is 1300 g/mol. The largest absolute Gasteiger partial charge is 0.397 e. The Bertz CT molecular complexity index is 4780. The van der Waals surface area contributed by atoms with Crippen LogP contribution in [0.4, 0.5) is 22.7 Å². The summed E-state index contributed by atoms with van der Waals surface area (Å²) in [5, 5.41) is 29.9. The summed E-state index contributed by atoms with van der Waals surface area (Å²) >= 11 is 0.562. The Hall–Kier alpha value is -7.38. The maximum atomic E-state index is 13.1. The second-order valence-electron chi connectivity index (χ2n) is 16.7. The van der Waals surface area contributed by atoms with Crippen LogP contribution >= 0.6 is 12.0 Å². The number of nitrogens with one attached hydrogen (secondary N) is 2. The number of azo groups is 2. The molecule has 0 saturated heterocycles. The van der Waals surface area contributed by atoms with Crippen molar-refractivity contribution in [3.05, 3.63) is 129 Å². The highest BCUT2D eigenvalue weighted by atomic mass is 32.3. The molecule has 0 amide bonds. The molecule has 0 aliphatic carbocycles. The highest BCUT2D eigenvalue weighted by Crippen LogP contribution is 2.36. The first-order valence-corrected chi connectivity index (χ1v) is 34.1. The Morgan fingerprint density at radius 3 is 1.45 bits per heavy atom. The summed E-state index contributed by atoms with van der Waals surface area (Å²) in [7, 11) is -31.2. The number of aliphatic hydroxyl groups excluding tert-OH is 1. The molecule has 0 bridgehead atoms. The standard InChI is InChI=1S/C24H24N4O13S4.C20H18N4O12S4.H2/c1-15-22(24(30)28(27-15)17-3-5-18(6-4-17)43(33,34)13-11-41-45(38,39)40)26-25-21-9-2-16-14-19(42(31,32)12-10-29)7-8-20(16)23(21)44(35,36)37;1-3-34-36-37-15-6-9-17(18(12-15)39(28,29)30)21-22-19-13(2)23-24(20(19)25)14-4-7-16(8-5-14)38(26,27)11-10-35-40(31,32)33;/h2-9,14,27,29H,10-13H2,1H3,(H,35,36,37)(H,38,39,40);1,4-9,12,23H,10-11H2,2H3,(H,28,29,30)(H,31,32,33);1H. The van der Waals surface area contributed by atoms with E-state index in [2.05, 4.69) is 48.2 Å². The summed E-state index contributed by atoms with van der Waals surface area (Å²) in [5.74, 6) is -2.06. The maximum absolute atomic E-state index is 13.1. The molecule has 41 heteroatoms. The van der Waals surface area contributed by atoms with E-state index in [-0.39, 0.29) is 77.3 Å². The van der Waals surface area contributed by atoms with Gasteiger partial charge in [-0.3, -0.25) is 42.9 Å². The third-order valence-electron chi connectivity index (χ3n) is 11.0. The van der Waals surface area contributed by atoms with Crippen molar-refractivity contribution < 1.29 is 101 Å². The van der Waals surface area contributed by atoms with Gasteiger partial charge in [-0.25, -0.2) is 43.0 Å². The zero-order chi connectivity index (χ0) is 63.1. The molecule has 33 nitrogen and oxygen atoms in total. The number of aromatic nitrogens is 4. The van der Waals surface area contributed by atoms with E-state index in [0.29, 0.717) is 12.0 Å². The third-order valence-corrected chi connectivity index (χ3v) is 19.4. The lowest BCUT2D eigenvalue weighted by atomic mass is 10.1. The quantitative estimate of drug-likeness (QED) is 0.00849. The van der Waals surface area contributed by atoms with Crippen LogP contribution in [0.5, 0.6) is 0 Å². The topological polar surface area (TPSA) is 502 Å². The summed E-state index contributed by atoms with van der Waals surface area (Å²) in [5.41, 5.74) is -1.89. The van der Waals surface area contributed by atoms with Gasteiger partial charge in [0, 0.05) is 11.7 Å². The van der Waals surface area contributed by atoms with E-state index in [9.17, 15) is 77.6 Å². The molecule has 0 atom stereocenters. The molecule has 85 heavy (non-hydrogen) atoms. The van der Waals surface area contributed by atoms with E-state index in [1.165, 1.54) is 62.4 Å². The fourth-order valence-electron chi connectivity index (χ4n) is 7.18. The second kappa shape index (κ2) is 26.5. The number of hydrogen-bond acceptors (Lipinski definition) is 26. The summed E-state index contributed by atoms with van der Waals surface area (Å²) < 4.78 is 216. The van der Waals surface area contributed by atoms with Crippen LogP contribution in [0.15, 0.2) is 156 Å². The van der Waals surface area contributed by atoms with Crippen LogP contribution in [-0.4, -0.2) is 139 Å². The number of benzene rings is 5. The van der Waals surface area contributed by atoms with Gasteiger partial charge in [-0.2, -0.15) is 33.7 Å². The molecule has 0 saturated carbocycles. The minimum Gasteiger partial charge on any atom is -0.395 e. The average Bonchev–Trinajstić information content (AvgIpc) is 1.83. The number of H-pyrrole nitrogens is 2. The van der Waals surface area contributed by atoms with Crippen LogP contribution in [0.2, 0.25) is 0 Å². The lowest BCUT2D eigenvalue weighted by Gasteiger charge is -2.09. The normalized spacial score (nSPS) is 12.8. The Kier molecular flexibility index (Phi) is 20.8. The van der Waals surface area contributed by atoms with Gasteiger partial charge < -0.3 is 5.11 Å². The van der Waals surface area contributed by atoms with Gasteiger partial charge in [0.05, 0.1) is 86.6 Å². The van der Waals surface area contributed by atoms with Crippen LogP contribution in [-0.2, 0) is 88.1 Å². The minimum absolute atomic E-state index is 0. The predicted molar refractivity (Wildman–Crippen MR) is 298 cm³/mol. The van der Waals surface area contributed by atoms with Crippen molar-refractivity contribution in [3.8, 4) is 23.9 Å². The number of fused-ring (bicyclic) bond motifs is 1. The zero-order valence-corrected chi connectivity index (χ0v) is 49.4. The molecule has 2 heterocycles. The van der Waals surface area contributed by atoms with E-state index in [0.717, 1.165) is 57.9 Å². The first-order chi connectivity index (χ1) is 39.5. The molecule has 458 valence electrons. The van der Waals surface area contributed by atoms with E-state index in [4.69, 9.17) is 20.6 Å². The van der Waals surface area contributed by atoms with E-state index < -0.39 is 129 Å². The number of aliphatic hydroxyl groups is 1. The lowest BCUT2D eigenvalue weighted by Crippen LogP contribution is -2.16. The Balaban J connectivity index is 0.000000313. The van der Waals surface area contributed by atoms with Crippen molar-refractivity contribution in [2.24, 2.45) is 20.5 Å². The number of hydrogen-bond donors (Lipinski definition) is 7. The number of aromatic amines is 2. The van der Waals surface area contributed by atoms with Gasteiger partial charge in [0.25, 0.3) is 31.4 Å². The average molecular weight is 1340 g/mol. The number of nitrogens with zero attached hydrogens (tertiary/aromatic N) is 6. The summed E-state index contributed by atoms with van der Waals surface area (Å²) in [6.45, 7) is 0.685. The summed E-state index contributed by atoms with van der Waals surface area (Å²) in [6.07, 6.45) is 6.61. The first kappa shape index (κ1) is 66.8. The molecule has 0 fully saturated rings. The highest BCUT2D eigenvalue weighted by Gasteiger charge is 2.25. The summed E-state index contributed by atoms with van der Waals surface area (Å²) in [6, 6.07) is 19.2. The molecule has 5 aromatic carbocycles.